The van der Waals surface area contributed by atoms with E-state index >= 15 is 0 Å². The number of hydrogen-bond acceptors (Lipinski definition) is 4. The zero-order valence-electron chi connectivity index (χ0n) is 20.9. The first-order valence-corrected chi connectivity index (χ1v) is 13.9. The van der Waals surface area contributed by atoms with Crippen molar-refractivity contribution in [2.75, 3.05) is 20.2 Å². The topological polar surface area (TPSA) is 75.7 Å². The third-order valence-electron chi connectivity index (χ3n) is 6.64. The van der Waals surface area contributed by atoms with Crippen molar-refractivity contribution < 1.29 is 17.9 Å². The molecular weight excluding hydrogens is 472 g/mol. The molecule has 0 bridgehead atoms. The standard InChI is InChI=1S/C29H34N2O4S/c1-22-10-9-13-25(20-22)29(23-11-5-3-6-12-23)30-28(32)17-14-24-21-26(15-16-27(24)35-2)36(33,34)31-18-7-4-8-19-31/h3,5-6,9-13,15-16,20-21,29H,4,7-8,14,17-19H2,1-2H3,(H,30,32)/t29-/m0/s1. The van der Waals surface area contributed by atoms with Crippen LogP contribution in [0, 0.1) is 6.92 Å². The van der Waals surface area contributed by atoms with E-state index in [9.17, 15) is 13.2 Å². The van der Waals surface area contributed by atoms with Gasteiger partial charge in [-0.1, -0.05) is 66.6 Å². The lowest BCUT2D eigenvalue weighted by Gasteiger charge is -2.26. The number of nitrogens with one attached hydrogen (secondary N) is 1. The summed E-state index contributed by atoms with van der Waals surface area (Å²) in [5.41, 5.74) is 3.85. The molecule has 0 unspecified atom stereocenters. The molecule has 190 valence electrons. The number of piperidine rings is 1. The van der Waals surface area contributed by atoms with Gasteiger partial charge in [0.15, 0.2) is 0 Å². The zero-order chi connectivity index (χ0) is 25.5. The van der Waals surface area contributed by atoms with Gasteiger partial charge >= 0.3 is 0 Å². The van der Waals surface area contributed by atoms with Crippen LogP contribution in [0.25, 0.3) is 0 Å². The van der Waals surface area contributed by atoms with Crippen molar-refractivity contribution in [2.24, 2.45) is 0 Å². The smallest absolute Gasteiger partial charge is 0.243 e. The Morgan fingerprint density at radius 1 is 0.944 bits per heavy atom. The number of carbonyl (C=O) groups is 1. The second kappa shape index (κ2) is 11.7. The van der Waals surface area contributed by atoms with E-state index in [0.717, 1.165) is 36.0 Å². The fourth-order valence-corrected chi connectivity index (χ4v) is 6.27. The van der Waals surface area contributed by atoms with Gasteiger partial charge in [-0.2, -0.15) is 4.31 Å². The second-order valence-electron chi connectivity index (χ2n) is 9.26. The van der Waals surface area contributed by atoms with Gasteiger partial charge in [0.25, 0.3) is 0 Å². The van der Waals surface area contributed by atoms with Gasteiger partial charge in [0.1, 0.15) is 5.75 Å². The van der Waals surface area contributed by atoms with Gasteiger partial charge in [-0.3, -0.25) is 4.79 Å². The van der Waals surface area contributed by atoms with E-state index in [1.54, 1.807) is 29.6 Å². The van der Waals surface area contributed by atoms with Gasteiger partial charge in [-0.25, -0.2) is 8.42 Å². The molecule has 0 aromatic heterocycles. The number of amides is 1. The number of aryl methyl sites for hydroxylation is 2. The molecule has 6 nitrogen and oxygen atoms in total. The van der Waals surface area contributed by atoms with Crippen molar-refractivity contribution in [2.45, 2.75) is 50.0 Å². The summed E-state index contributed by atoms with van der Waals surface area (Å²) >= 11 is 0. The van der Waals surface area contributed by atoms with Gasteiger partial charge < -0.3 is 10.1 Å². The lowest BCUT2D eigenvalue weighted by atomic mass is 9.97. The van der Waals surface area contributed by atoms with E-state index in [2.05, 4.69) is 11.4 Å². The molecule has 3 aromatic carbocycles. The third-order valence-corrected chi connectivity index (χ3v) is 8.53. The largest absolute Gasteiger partial charge is 0.496 e. The highest BCUT2D eigenvalue weighted by Crippen LogP contribution is 2.28. The van der Waals surface area contributed by atoms with E-state index in [0.29, 0.717) is 30.8 Å². The van der Waals surface area contributed by atoms with Gasteiger partial charge in [0, 0.05) is 19.5 Å². The predicted octanol–water partition coefficient (Wildman–Crippen LogP) is 5.02. The second-order valence-corrected chi connectivity index (χ2v) is 11.2. The minimum Gasteiger partial charge on any atom is -0.496 e. The summed E-state index contributed by atoms with van der Waals surface area (Å²) in [6, 6.07) is 22.7. The summed E-state index contributed by atoms with van der Waals surface area (Å²) in [6.07, 6.45) is 3.39. The molecule has 36 heavy (non-hydrogen) atoms. The van der Waals surface area contributed by atoms with Crippen LogP contribution in [0.2, 0.25) is 0 Å². The Hall–Kier alpha value is -3.16. The van der Waals surface area contributed by atoms with E-state index in [4.69, 9.17) is 4.74 Å². The molecule has 0 saturated carbocycles. The molecule has 1 saturated heterocycles. The van der Waals surface area contributed by atoms with Crippen LogP contribution in [0.3, 0.4) is 0 Å². The number of hydrogen-bond donors (Lipinski definition) is 1. The number of carbonyl (C=O) groups excluding carboxylic acids is 1. The summed E-state index contributed by atoms with van der Waals surface area (Å²) in [5, 5.41) is 3.17. The number of sulfonamides is 1. The van der Waals surface area contributed by atoms with Crippen LogP contribution in [-0.4, -0.2) is 38.8 Å². The molecule has 1 N–H and O–H groups in total. The number of rotatable bonds is 9. The van der Waals surface area contributed by atoms with Gasteiger partial charge in [0.2, 0.25) is 15.9 Å². The SMILES string of the molecule is COc1ccc(S(=O)(=O)N2CCCCC2)cc1CCC(=O)N[C@@H](c1ccccc1)c1cccc(C)c1. The summed E-state index contributed by atoms with van der Waals surface area (Å²) < 4.78 is 33.4. The first-order valence-electron chi connectivity index (χ1n) is 12.5. The molecule has 7 heteroatoms. The zero-order valence-corrected chi connectivity index (χ0v) is 21.8. The fraction of sp³-hybridized carbons (Fsp3) is 0.345. The molecule has 1 amide bonds. The molecule has 1 aliphatic rings. The van der Waals surface area contributed by atoms with E-state index in [1.807, 2.05) is 55.5 Å². The third kappa shape index (κ3) is 6.15. The quantitative estimate of drug-likeness (QED) is 0.442. The molecule has 0 spiro atoms. The van der Waals surface area contributed by atoms with Gasteiger partial charge in [-0.15, -0.1) is 0 Å². The Morgan fingerprint density at radius 2 is 1.67 bits per heavy atom. The number of methoxy groups -OCH3 is 1. The Bertz CT molecular complexity index is 1290. The van der Waals surface area contributed by atoms with Crippen molar-refractivity contribution in [1.29, 1.82) is 0 Å². The van der Waals surface area contributed by atoms with Crippen molar-refractivity contribution in [1.82, 2.24) is 9.62 Å². The normalized spacial score (nSPS) is 15.3. The van der Waals surface area contributed by atoms with Gasteiger partial charge in [0.05, 0.1) is 18.0 Å². The van der Waals surface area contributed by atoms with Crippen molar-refractivity contribution in [3.05, 3.63) is 95.1 Å². The molecule has 1 fully saturated rings. The molecule has 0 radical (unpaired) electrons. The van der Waals surface area contributed by atoms with E-state index < -0.39 is 10.0 Å². The van der Waals surface area contributed by atoms with Crippen LogP contribution in [-0.2, 0) is 21.2 Å². The Morgan fingerprint density at radius 3 is 2.36 bits per heavy atom. The molecular formula is C29H34N2O4S. The average Bonchev–Trinajstić information content (AvgIpc) is 2.91. The fourth-order valence-electron chi connectivity index (χ4n) is 4.70. The Balaban J connectivity index is 1.51. The molecule has 1 aliphatic heterocycles. The average molecular weight is 507 g/mol. The van der Waals surface area contributed by atoms with Crippen molar-refractivity contribution >= 4 is 15.9 Å². The summed E-state index contributed by atoms with van der Waals surface area (Å²) in [6.45, 7) is 3.13. The van der Waals surface area contributed by atoms with E-state index in [1.165, 1.54) is 0 Å². The monoisotopic (exact) mass is 506 g/mol. The lowest BCUT2D eigenvalue weighted by molar-refractivity contribution is -0.121. The highest BCUT2D eigenvalue weighted by molar-refractivity contribution is 7.89. The maximum absolute atomic E-state index is 13.2. The number of ether oxygens (including phenoxy) is 1. The maximum atomic E-state index is 13.2. The number of benzene rings is 3. The molecule has 0 aliphatic carbocycles. The Labute approximate surface area is 214 Å². The van der Waals surface area contributed by atoms with Crippen LogP contribution in [0.1, 0.15) is 54.0 Å². The van der Waals surface area contributed by atoms with Crippen molar-refractivity contribution in [3.63, 3.8) is 0 Å². The minimum absolute atomic E-state index is 0.114. The van der Waals surface area contributed by atoms with Crippen molar-refractivity contribution in [3.8, 4) is 5.75 Å². The minimum atomic E-state index is -3.57. The maximum Gasteiger partial charge on any atom is 0.243 e. The van der Waals surface area contributed by atoms with Crippen LogP contribution in [0.4, 0.5) is 0 Å². The molecule has 1 heterocycles. The molecule has 4 rings (SSSR count). The molecule has 3 aromatic rings. The first-order chi connectivity index (χ1) is 17.4. The van der Waals surface area contributed by atoms with Crippen LogP contribution < -0.4 is 10.1 Å². The van der Waals surface area contributed by atoms with Crippen LogP contribution in [0.15, 0.2) is 77.7 Å². The highest BCUT2D eigenvalue weighted by atomic mass is 32.2. The first kappa shape index (κ1) is 25.9. The lowest BCUT2D eigenvalue weighted by Crippen LogP contribution is -2.35. The predicted molar refractivity (Wildman–Crippen MR) is 142 cm³/mol. The van der Waals surface area contributed by atoms with Crippen LogP contribution in [0.5, 0.6) is 5.75 Å². The number of nitrogens with zero attached hydrogens (tertiary/aromatic N) is 1. The van der Waals surface area contributed by atoms with Crippen LogP contribution >= 0.6 is 0 Å². The highest BCUT2D eigenvalue weighted by Gasteiger charge is 2.27. The Kier molecular flexibility index (Phi) is 8.44. The van der Waals surface area contributed by atoms with E-state index in [-0.39, 0.29) is 23.3 Å². The summed E-state index contributed by atoms with van der Waals surface area (Å²) in [7, 11) is -2.01. The molecule has 1 atom stereocenters. The summed E-state index contributed by atoms with van der Waals surface area (Å²) in [4.78, 5) is 13.4. The summed E-state index contributed by atoms with van der Waals surface area (Å²) in [5.74, 6) is 0.468. The van der Waals surface area contributed by atoms with Gasteiger partial charge in [-0.05, 0) is 61.1 Å².